The minimum absolute atomic E-state index is 0. The van der Waals surface area contributed by atoms with Crippen molar-refractivity contribution >= 4 is 29.9 Å². The lowest BCUT2D eigenvalue weighted by Crippen LogP contribution is -2.39. The van der Waals surface area contributed by atoms with Crippen molar-refractivity contribution in [2.24, 2.45) is 12.0 Å². The Hall–Kier alpha value is -1.68. The fourth-order valence-corrected chi connectivity index (χ4v) is 2.34. The van der Waals surface area contributed by atoms with Crippen LogP contribution in [0.5, 0.6) is 0 Å². The standard InChI is InChI=1S/C18H28N6O.HI/c1-5-19-17(20-9-8-15-7-6-14(2)21-10-15)22-13-18(3,25)16-11-23-24(4)12-16;/h6-7,10-12,25H,5,8-9,13H2,1-4H3,(H2,19,20,22);1H. The van der Waals surface area contributed by atoms with Gasteiger partial charge < -0.3 is 15.7 Å². The van der Waals surface area contributed by atoms with E-state index in [0.29, 0.717) is 5.96 Å². The number of nitrogens with one attached hydrogen (secondary N) is 2. The summed E-state index contributed by atoms with van der Waals surface area (Å²) in [6, 6.07) is 4.10. The molecule has 1 unspecified atom stereocenters. The molecule has 7 nitrogen and oxygen atoms in total. The summed E-state index contributed by atoms with van der Waals surface area (Å²) in [6.45, 7) is 7.49. The van der Waals surface area contributed by atoms with Crippen molar-refractivity contribution in [1.82, 2.24) is 25.4 Å². The van der Waals surface area contributed by atoms with E-state index in [4.69, 9.17) is 0 Å². The van der Waals surface area contributed by atoms with Crippen LogP contribution in [-0.2, 0) is 19.1 Å². The molecule has 2 aromatic heterocycles. The van der Waals surface area contributed by atoms with Crippen molar-refractivity contribution in [3.05, 3.63) is 47.5 Å². The molecule has 144 valence electrons. The maximum atomic E-state index is 10.6. The molecule has 0 saturated carbocycles. The molecule has 2 aromatic rings. The van der Waals surface area contributed by atoms with Crippen molar-refractivity contribution in [3.63, 3.8) is 0 Å². The normalized spacial score (nSPS) is 13.7. The number of nitrogens with zero attached hydrogens (tertiary/aromatic N) is 4. The molecule has 0 amide bonds. The summed E-state index contributed by atoms with van der Waals surface area (Å²) in [5.41, 5.74) is 1.89. The summed E-state index contributed by atoms with van der Waals surface area (Å²) < 4.78 is 1.67. The van der Waals surface area contributed by atoms with Crippen LogP contribution in [-0.4, -0.2) is 45.5 Å². The van der Waals surface area contributed by atoms with Gasteiger partial charge in [-0.1, -0.05) is 6.07 Å². The molecule has 0 aliphatic heterocycles. The van der Waals surface area contributed by atoms with Crippen LogP contribution in [0.25, 0.3) is 0 Å². The van der Waals surface area contributed by atoms with E-state index >= 15 is 0 Å². The van der Waals surface area contributed by atoms with Crippen LogP contribution in [0, 0.1) is 6.92 Å². The first-order valence-corrected chi connectivity index (χ1v) is 8.56. The van der Waals surface area contributed by atoms with E-state index in [1.165, 1.54) is 5.56 Å². The zero-order chi connectivity index (χ0) is 18.3. The fraction of sp³-hybridized carbons (Fsp3) is 0.500. The van der Waals surface area contributed by atoms with Crippen molar-refractivity contribution in [2.45, 2.75) is 32.8 Å². The van der Waals surface area contributed by atoms with Crippen LogP contribution in [0.15, 0.2) is 35.7 Å². The number of pyridine rings is 1. The Labute approximate surface area is 172 Å². The number of aliphatic imine (C=N–C) groups is 1. The van der Waals surface area contributed by atoms with E-state index in [0.717, 1.165) is 30.8 Å². The maximum Gasteiger partial charge on any atom is 0.191 e. The highest BCUT2D eigenvalue weighted by atomic mass is 127. The molecular formula is C18H29IN6O. The van der Waals surface area contributed by atoms with Crippen LogP contribution in [0.1, 0.15) is 30.7 Å². The topological polar surface area (TPSA) is 87.4 Å². The lowest BCUT2D eigenvalue weighted by Gasteiger charge is -2.20. The lowest BCUT2D eigenvalue weighted by molar-refractivity contribution is 0.0672. The smallest absolute Gasteiger partial charge is 0.191 e. The Morgan fingerprint density at radius 2 is 2.08 bits per heavy atom. The van der Waals surface area contributed by atoms with E-state index in [2.05, 4.69) is 31.8 Å². The second kappa shape index (κ2) is 10.5. The largest absolute Gasteiger partial charge is 0.383 e. The molecule has 0 aromatic carbocycles. The quantitative estimate of drug-likeness (QED) is 0.325. The average Bonchev–Trinajstić information content (AvgIpc) is 3.02. The fourth-order valence-electron chi connectivity index (χ4n) is 2.34. The van der Waals surface area contributed by atoms with Gasteiger partial charge >= 0.3 is 0 Å². The molecule has 0 aliphatic carbocycles. The molecule has 0 radical (unpaired) electrons. The second-order valence-corrected chi connectivity index (χ2v) is 6.36. The van der Waals surface area contributed by atoms with Crippen molar-refractivity contribution in [1.29, 1.82) is 0 Å². The Balaban J connectivity index is 0.00000338. The molecule has 3 N–H and O–H groups in total. The zero-order valence-corrected chi connectivity index (χ0v) is 18.2. The number of aromatic nitrogens is 3. The third-order valence-corrected chi connectivity index (χ3v) is 3.89. The van der Waals surface area contributed by atoms with Gasteiger partial charge in [0, 0.05) is 43.8 Å². The zero-order valence-electron chi connectivity index (χ0n) is 15.9. The van der Waals surface area contributed by atoms with E-state index in [1.54, 1.807) is 24.0 Å². The van der Waals surface area contributed by atoms with Gasteiger partial charge in [-0.25, -0.2) is 4.99 Å². The predicted molar refractivity (Wildman–Crippen MR) is 115 cm³/mol. The summed E-state index contributed by atoms with van der Waals surface area (Å²) >= 11 is 0. The molecule has 2 rings (SSSR count). The van der Waals surface area contributed by atoms with Gasteiger partial charge in [-0.15, -0.1) is 24.0 Å². The number of halogens is 1. The molecule has 0 fully saturated rings. The average molecular weight is 472 g/mol. The Bertz CT molecular complexity index is 696. The summed E-state index contributed by atoms with van der Waals surface area (Å²) in [5, 5.41) is 21.2. The van der Waals surface area contributed by atoms with E-state index < -0.39 is 5.60 Å². The Morgan fingerprint density at radius 3 is 2.65 bits per heavy atom. The van der Waals surface area contributed by atoms with E-state index in [1.807, 2.05) is 33.2 Å². The molecule has 26 heavy (non-hydrogen) atoms. The SMILES string of the molecule is CCNC(=NCC(C)(O)c1cnn(C)c1)NCCc1ccc(C)nc1.I. The van der Waals surface area contributed by atoms with Crippen molar-refractivity contribution in [2.75, 3.05) is 19.6 Å². The van der Waals surface area contributed by atoms with E-state index in [-0.39, 0.29) is 30.5 Å². The van der Waals surface area contributed by atoms with Crippen LogP contribution in [0.4, 0.5) is 0 Å². The summed E-state index contributed by atoms with van der Waals surface area (Å²) in [5.74, 6) is 0.687. The molecule has 0 bridgehead atoms. The van der Waals surface area contributed by atoms with Crippen LogP contribution in [0.3, 0.4) is 0 Å². The van der Waals surface area contributed by atoms with Gasteiger partial charge in [0.25, 0.3) is 0 Å². The van der Waals surface area contributed by atoms with Gasteiger partial charge in [0.05, 0.1) is 12.7 Å². The van der Waals surface area contributed by atoms with E-state index in [9.17, 15) is 5.11 Å². The van der Waals surface area contributed by atoms with Crippen LogP contribution < -0.4 is 10.6 Å². The van der Waals surface area contributed by atoms with Gasteiger partial charge in [0.15, 0.2) is 5.96 Å². The monoisotopic (exact) mass is 472 g/mol. The highest BCUT2D eigenvalue weighted by molar-refractivity contribution is 14.0. The number of hydrogen-bond acceptors (Lipinski definition) is 4. The van der Waals surface area contributed by atoms with Crippen molar-refractivity contribution in [3.8, 4) is 0 Å². The first-order valence-electron chi connectivity index (χ1n) is 8.56. The number of aliphatic hydroxyl groups is 1. The lowest BCUT2D eigenvalue weighted by atomic mass is 10.0. The van der Waals surface area contributed by atoms with Crippen LogP contribution >= 0.6 is 24.0 Å². The third kappa shape index (κ3) is 6.91. The number of aryl methyl sites for hydroxylation is 2. The molecule has 2 heterocycles. The summed E-state index contributed by atoms with van der Waals surface area (Å²) in [7, 11) is 1.83. The highest BCUT2D eigenvalue weighted by Gasteiger charge is 2.24. The minimum atomic E-state index is -1.06. The Morgan fingerprint density at radius 1 is 1.31 bits per heavy atom. The van der Waals surface area contributed by atoms with Gasteiger partial charge in [-0.2, -0.15) is 5.10 Å². The minimum Gasteiger partial charge on any atom is -0.383 e. The second-order valence-electron chi connectivity index (χ2n) is 6.36. The van der Waals surface area contributed by atoms with Gasteiger partial charge in [0.1, 0.15) is 5.60 Å². The van der Waals surface area contributed by atoms with Crippen LogP contribution in [0.2, 0.25) is 0 Å². The predicted octanol–water partition coefficient (Wildman–Crippen LogP) is 1.75. The molecule has 0 saturated heterocycles. The third-order valence-electron chi connectivity index (χ3n) is 3.89. The number of rotatable bonds is 7. The number of hydrogen-bond donors (Lipinski definition) is 3. The maximum absolute atomic E-state index is 10.6. The number of guanidine groups is 1. The van der Waals surface area contributed by atoms with Crippen molar-refractivity contribution < 1.29 is 5.11 Å². The van der Waals surface area contributed by atoms with Gasteiger partial charge in [-0.05, 0) is 38.8 Å². The summed E-state index contributed by atoms with van der Waals surface area (Å²) in [6.07, 6.45) is 6.23. The molecule has 1 atom stereocenters. The first-order chi connectivity index (χ1) is 11.9. The Kier molecular flexibility index (Phi) is 9.00. The molecule has 0 spiro atoms. The first kappa shape index (κ1) is 22.4. The molecule has 8 heteroatoms. The van der Waals surface area contributed by atoms with Gasteiger partial charge in [0.2, 0.25) is 0 Å². The molecule has 0 aliphatic rings. The summed E-state index contributed by atoms with van der Waals surface area (Å²) in [4.78, 5) is 8.81. The van der Waals surface area contributed by atoms with Gasteiger partial charge in [-0.3, -0.25) is 9.67 Å². The highest BCUT2D eigenvalue weighted by Crippen LogP contribution is 2.19. The molecular weight excluding hydrogens is 443 g/mol.